The first-order valence-corrected chi connectivity index (χ1v) is 16.6. The number of benzene rings is 2. The molecule has 3 heterocycles. The largest absolute Gasteiger partial charge is 0.492 e. The summed E-state index contributed by atoms with van der Waals surface area (Å²) < 4.78 is 39.7. The summed E-state index contributed by atoms with van der Waals surface area (Å²) in [6.07, 6.45) is 0.315. The summed E-state index contributed by atoms with van der Waals surface area (Å²) >= 11 is 0. The number of piperazine rings is 1. The normalized spacial score (nSPS) is 16.5. The van der Waals surface area contributed by atoms with Gasteiger partial charge in [0.25, 0.3) is 0 Å². The van der Waals surface area contributed by atoms with Crippen molar-refractivity contribution in [1.82, 2.24) is 19.7 Å². The number of carbonyl (C=O) groups is 2. The van der Waals surface area contributed by atoms with Crippen molar-refractivity contribution in [2.45, 2.75) is 32.7 Å². The third kappa shape index (κ3) is 6.95. The molecule has 3 N–H and O–H groups in total. The highest BCUT2D eigenvalue weighted by Crippen LogP contribution is 2.39. The van der Waals surface area contributed by atoms with Crippen molar-refractivity contribution in [2.24, 2.45) is 13.0 Å². The standard InChI is InChI=1S/C31H42N6O6S/c1-31(2,3)23-15-24(28(42-5)25(16-23)34-44(6,40)41)33-30(39)43-26-14-20-8-7-9-21(27(20)35(26)4)19-36-10-12-37(13-11-36)29(38)22-17-32-18-22/h7-9,14-16,22,32,34H,10-13,17-19H2,1-6H3,(H,33,39). The van der Waals surface area contributed by atoms with E-state index in [-0.39, 0.29) is 34.4 Å². The Morgan fingerprint density at radius 1 is 1.05 bits per heavy atom. The molecule has 0 aliphatic carbocycles. The number of aryl methyl sites for hydroxylation is 1. The molecule has 44 heavy (non-hydrogen) atoms. The van der Waals surface area contributed by atoms with Crippen molar-refractivity contribution in [2.75, 3.05) is 62.7 Å². The molecule has 2 fully saturated rings. The van der Waals surface area contributed by atoms with Crippen molar-refractivity contribution in [3.8, 4) is 11.6 Å². The van der Waals surface area contributed by atoms with Crippen molar-refractivity contribution in [1.29, 1.82) is 0 Å². The molecule has 0 saturated carbocycles. The third-order valence-electron chi connectivity index (χ3n) is 8.19. The number of fused-ring (bicyclic) bond motifs is 1. The second-order valence-corrected chi connectivity index (χ2v) is 14.3. The van der Waals surface area contributed by atoms with E-state index in [0.29, 0.717) is 25.5 Å². The number of methoxy groups -OCH3 is 1. The smallest absolute Gasteiger partial charge is 0.418 e. The zero-order valence-electron chi connectivity index (χ0n) is 26.2. The van der Waals surface area contributed by atoms with Crippen LogP contribution in [0.5, 0.6) is 11.6 Å². The molecule has 2 aliphatic heterocycles. The van der Waals surface area contributed by atoms with Crippen molar-refractivity contribution in [3.05, 3.63) is 47.5 Å². The summed E-state index contributed by atoms with van der Waals surface area (Å²) in [6, 6.07) is 11.3. The molecule has 2 amide bonds. The van der Waals surface area contributed by atoms with Crippen molar-refractivity contribution in [3.63, 3.8) is 0 Å². The van der Waals surface area contributed by atoms with E-state index in [1.54, 1.807) is 12.1 Å². The lowest BCUT2D eigenvalue weighted by atomic mass is 9.86. The average molecular weight is 627 g/mol. The maximum absolute atomic E-state index is 13.2. The first-order valence-electron chi connectivity index (χ1n) is 14.7. The molecule has 3 aromatic rings. The predicted octanol–water partition coefficient (Wildman–Crippen LogP) is 3.33. The highest BCUT2D eigenvalue weighted by molar-refractivity contribution is 7.92. The zero-order chi connectivity index (χ0) is 31.8. The van der Waals surface area contributed by atoms with Gasteiger partial charge >= 0.3 is 6.09 Å². The van der Waals surface area contributed by atoms with E-state index < -0.39 is 16.1 Å². The molecule has 0 unspecified atom stereocenters. The topological polar surface area (TPSA) is 134 Å². The van der Waals surface area contributed by atoms with Gasteiger partial charge in [0.2, 0.25) is 21.8 Å². The number of nitrogens with zero attached hydrogens (tertiary/aromatic N) is 3. The number of para-hydroxylation sites is 1. The monoisotopic (exact) mass is 626 g/mol. The Hall–Kier alpha value is -3.81. The Bertz CT molecular complexity index is 1670. The van der Waals surface area contributed by atoms with Crippen molar-refractivity contribution < 1.29 is 27.5 Å². The van der Waals surface area contributed by atoms with Gasteiger partial charge in [-0.1, -0.05) is 39.0 Å². The van der Waals surface area contributed by atoms with Crippen LogP contribution in [0.3, 0.4) is 0 Å². The third-order valence-corrected chi connectivity index (χ3v) is 8.78. The van der Waals surface area contributed by atoms with E-state index >= 15 is 0 Å². The van der Waals surface area contributed by atoms with E-state index in [4.69, 9.17) is 9.47 Å². The minimum Gasteiger partial charge on any atom is -0.492 e. The van der Waals surface area contributed by atoms with Gasteiger partial charge in [-0.15, -0.1) is 0 Å². The minimum absolute atomic E-state index is 0.115. The van der Waals surface area contributed by atoms with Gasteiger partial charge in [-0.05, 0) is 28.7 Å². The molecular formula is C31H42N6O6S. The highest BCUT2D eigenvalue weighted by Gasteiger charge is 2.31. The van der Waals surface area contributed by atoms with Gasteiger partial charge in [0, 0.05) is 64.3 Å². The van der Waals surface area contributed by atoms with Crippen molar-refractivity contribution >= 4 is 44.3 Å². The van der Waals surface area contributed by atoms with Crippen LogP contribution < -0.4 is 24.8 Å². The Kier molecular flexibility index (Phi) is 8.83. The summed E-state index contributed by atoms with van der Waals surface area (Å²) in [5.74, 6) is 0.892. The average Bonchev–Trinajstić information content (AvgIpc) is 3.22. The Balaban J connectivity index is 1.32. The molecule has 2 aromatic carbocycles. The molecule has 2 saturated heterocycles. The molecule has 2 aliphatic rings. The maximum atomic E-state index is 13.2. The van der Waals surface area contributed by atoms with Crippen LogP contribution in [-0.4, -0.2) is 87.4 Å². The van der Waals surface area contributed by atoms with Crippen LogP contribution in [0.15, 0.2) is 36.4 Å². The Morgan fingerprint density at radius 2 is 1.73 bits per heavy atom. The number of amides is 2. The molecule has 0 bridgehead atoms. The fourth-order valence-electron chi connectivity index (χ4n) is 5.67. The summed E-state index contributed by atoms with van der Waals surface area (Å²) in [7, 11) is -0.349. The zero-order valence-corrected chi connectivity index (χ0v) is 27.0. The first kappa shape index (κ1) is 31.6. The van der Waals surface area contributed by atoms with Gasteiger partial charge in [-0.3, -0.25) is 19.7 Å². The second-order valence-electron chi connectivity index (χ2n) is 12.6. The molecule has 238 valence electrons. The fraction of sp³-hybridized carbons (Fsp3) is 0.484. The van der Waals surface area contributed by atoms with E-state index in [1.165, 1.54) is 7.11 Å². The fourth-order valence-corrected chi connectivity index (χ4v) is 6.22. The van der Waals surface area contributed by atoms with Gasteiger partial charge in [-0.2, -0.15) is 0 Å². The number of anilines is 2. The number of nitrogens with one attached hydrogen (secondary N) is 3. The summed E-state index contributed by atoms with van der Waals surface area (Å²) in [6.45, 7) is 11.2. The minimum atomic E-state index is -3.61. The van der Waals surface area contributed by atoms with Crippen LogP contribution in [0, 0.1) is 5.92 Å². The Morgan fingerprint density at radius 3 is 2.32 bits per heavy atom. The lowest BCUT2D eigenvalue weighted by Crippen LogP contribution is -2.56. The summed E-state index contributed by atoms with van der Waals surface area (Å²) in [5, 5.41) is 6.86. The predicted molar refractivity (Wildman–Crippen MR) is 171 cm³/mol. The van der Waals surface area contributed by atoms with E-state index in [9.17, 15) is 18.0 Å². The number of rotatable bonds is 8. The number of hydrogen-bond acceptors (Lipinski definition) is 8. The van der Waals surface area contributed by atoms with E-state index in [0.717, 1.165) is 54.5 Å². The van der Waals surface area contributed by atoms with Crippen LogP contribution in [0.2, 0.25) is 0 Å². The number of aromatic nitrogens is 1. The molecule has 13 heteroatoms. The van der Waals surface area contributed by atoms with Gasteiger partial charge < -0.3 is 24.3 Å². The second kappa shape index (κ2) is 12.3. The number of ether oxygens (including phenoxy) is 2. The number of hydrogen-bond donors (Lipinski definition) is 3. The maximum Gasteiger partial charge on any atom is 0.418 e. The molecule has 12 nitrogen and oxygen atoms in total. The lowest BCUT2D eigenvalue weighted by molar-refractivity contribution is -0.138. The summed E-state index contributed by atoms with van der Waals surface area (Å²) in [5.41, 5.74) is 3.00. The summed E-state index contributed by atoms with van der Waals surface area (Å²) in [4.78, 5) is 30.2. The molecule has 0 atom stereocenters. The van der Waals surface area contributed by atoms with Gasteiger partial charge in [-0.25, -0.2) is 13.2 Å². The van der Waals surface area contributed by atoms with Gasteiger partial charge in [0.1, 0.15) is 0 Å². The molecule has 1 aromatic heterocycles. The lowest BCUT2D eigenvalue weighted by Gasteiger charge is -2.38. The van der Waals surface area contributed by atoms with E-state index in [2.05, 4.69) is 26.3 Å². The van der Waals surface area contributed by atoms with Crippen LogP contribution in [-0.2, 0) is 33.8 Å². The SMILES string of the molecule is COc1c(NC(=O)Oc2cc3cccc(CN4CCN(C(=O)C5CNC5)CC4)c3n2C)cc(C(C)(C)C)cc1NS(C)(=O)=O. The van der Waals surface area contributed by atoms with Crippen LogP contribution >= 0.6 is 0 Å². The van der Waals surface area contributed by atoms with E-state index in [1.807, 2.05) is 55.5 Å². The van der Waals surface area contributed by atoms with Gasteiger partial charge in [0.15, 0.2) is 5.75 Å². The van der Waals surface area contributed by atoms with Gasteiger partial charge in [0.05, 0.1) is 36.2 Å². The molecular weight excluding hydrogens is 584 g/mol. The molecule has 0 spiro atoms. The van der Waals surface area contributed by atoms with Crippen LogP contribution in [0.4, 0.5) is 16.2 Å². The van der Waals surface area contributed by atoms with Crippen LogP contribution in [0.1, 0.15) is 31.9 Å². The highest BCUT2D eigenvalue weighted by atomic mass is 32.2. The Labute approximate surface area is 258 Å². The quantitative estimate of drug-likeness (QED) is 0.347. The molecule has 0 radical (unpaired) electrons. The molecule has 5 rings (SSSR count). The van der Waals surface area contributed by atoms with Crippen LogP contribution in [0.25, 0.3) is 10.9 Å². The first-order chi connectivity index (χ1) is 20.7. The number of sulfonamides is 1. The number of carbonyl (C=O) groups excluding carboxylic acids is 2.